The van der Waals surface area contributed by atoms with E-state index < -0.39 is 11.5 Å². The predicted octanol–water partition coefficient (Wildman–Crippen LogP) is 1.10. The van der Waals surface area contributed by atoms with Crippen molar-refractivity contribution in [3.8, 4) is 0 Å². The Hall–Kier alpha value is -1.29. The van der Waals surface area contributed by atoms with E-state index in [1.54, 1.807) is 6.07 Å². The van der Waals surface area contributed by atoms with Crippen molar-refractivity contribution in [2.75, 3.05) is 0 Å². The zero-order valence-corrected chi connectivity index (χ0v) is 7.70. The first-order chi connectivity index (χ1) is 6.00. The van der Waals surface area contributed by atoms with E-state index in [9.17, 15) is 4.79 Å². The molecule has 1 heterocycles. The highest BCUT2D eigenvalue weighted by molar-refractivity contribution is 5.80. The van der Waals surface area contributed by atoms with Crippen molar-refractivity contribution in [2.24, 2.45) is 5.73 Å². The van der Waals surface area contributed by atoms with Gasteiger partial charge in [0, 0.05) is 12.0 Å². The summed E-state index contributed by atoms with van der Waals surface area (Å²) in [6.07, 6.45) is 2.10. The Morgan fingerprint density at radius 3 is 2.85 bits per heavy atom. The number of hydrogen-bond donors (Lipinski definition) is 2. The zero-order chi connectivity index (χ0) is 10.1. The predicted molar refractivity (Wildman–Crippen MR) is 47.3 cm³/mol. The number of hydrogen-bond acceptors (Lipinski definition) is 3. The summed E-state index contributed by atoms with van der Waals surface area (Å²) in [4.78, 5) is 10.8. The van der Waals surface area contributed by atoms with Gasteiger partial charge in [0.05, 0.1) is 6.26 Å². The van der Waals surface area contributed by atoms with Gasteiger partial charge in [-0.1, -0.05) is 6.92 Å². The first kappa shape index (κ1) is 9.80. The zero-order valence-electron chi connectivity index (χ0n) is 7.70. The normalized spacial score (nSPS) is 15.3. The van der Waals surface area contributed by atoms with Gasteiger partial charge < -0.3 is 15.3 Å². The highest BCUT2D eigenvalue weighted by Gasteiger charge is 2.33. The Bertz CT molecular complexity index is 314. The maximum Gasteiger partial charge on any atom is 0.328 e. The number of carboxylic acid groups (broad SMARTS) is 1. The fourth-order valence-corrected chi connectivity index (χ4v) is 1.19. The average Bonchev–Trinajstić information content (AvgIpc) is 2.51. The van der Waals surface area contributed by atoms with Gasteiger partial charge in [-0.2, -0.15) is 0 Å². The quantitative estimate of drug-likeness (QED) is 0.735. The summed E-state index contributed by atoms with van der Waals surface area (Å²) in [5, 5.41) is 8.87. The Balaban J connectivity index is 3.13. The van der Waals surface area contributed by atoms with Crippen molar-refractivity contribution in [3.63, 3.8) is 0 Å². The minimum absolute atomic E-state index is 0.544. The van der Waals surface area contributed by atoms with Crippen molar-refractivity contribution in [3.05, 3.63) is 23.7 Å². The lowest BCUT2D eigenvalue weighted by Crippen LogP contribution is -2.42. The van der Waals surface area contributed by atoms with Crippen molar-refractivity contribution < 1.29 is 14.3 Å². The van der Waals surface area contributed by atoms with Crippen LogP contribution in [-0.2, 0) is 16.8 Å². The summed E-state index contributed by atoms with van der Waals surface area (Å²) < 4.78 is 5.11. The molecule has 0 bridgehead atoms. The number of carbonyl (C=O) groups is 1. The molecule has 0 spiro atoms. The van der Waals surface area contributed by atoms with Crippen LogP contribution in [0, 0.1) is 0 Å². The van der Waals surface area contributed by atoms with E-state index in [1.807, 2.05) is 6.92 Å². The lowest BCUT2D eigenvalue weighted by atomic mass is 9.93. The van der Waals surface area contributed by atoms with E-state index in [4.69, 9.17) is 15.3 Å². The number of carboxylic acids is 1. The molecule has 0 aliphatic carbocycles. The Morgan fingerprint density at radius 1 is 1.77 bits per heavy atom. The van der Waals surface area contributed by atoms with Crippen molar-refractivity contribution >= 4 is 5.97 Å². The van der Waals surface area contributed by atoms with Crippen LogP contribution in [0.3, 0.4) is 0 Å². The SMILES string of the molecule is CCc1occc1C(C)(N)C(=O)O. The van der Waals surface area contributed by atoms with E-state index in [-0.39, 0.29) is 0 Å². The molecule has 0 aliphatic heterocycles. The lowest BCUT2D eigenvalue weighted by molar-refractivity contribution is -0.143. The molecule has 1 atom stereocenters. The topological polar surface area (TPSA) is 76.5 Å². The maximum absolute atomic E-state index is 10.8. The number of furan rings is 1. The molecule has 1 aromatic rings. The molecule has 1 unspecified atom stereocenters. The van der Waals surface area contributed by atoms with E-state index in [1.165, 1.54) is 13.2 Å². The van der Waals surface area contributed by atoms with Gasteiger partial charge in [0.25, 0.3) is 0 Å². The molecule has 1 rings (SSSR count). The molecule has 0 aromatic carbocycles. The van der Waals surface area contributed by atoms with Crippen LogP contribution in [0.2, 0.25) is 0 Å². The second-order valence-corrected chi connectivity index (χ2v) is 3.12. The fourth-order valence-electron chi connectivity index (χ4n) is 1.19. The third-order valence-electron chi connectivity index (χ3n) is 2.07. The Kier molecular flexibility index (Phi) is 2.43. The Labute approximate surface area is 76.3 Å². The molecule has 0 fully saturated rings. The van der Waals surface area contributed by atoms with E-state index >= 15 is 0 Å². The highest BCUT2D eigenvalue weighted by atomic mass is 16.4. The van der Waals surface area contributed by atoms with Crippen LogP contribution in [0.4, 0.5) is 0 Å². The molecule has 3 N–H and O–H groups in total. The molecular weight excluding hydrogens is 170 g/mol. The minimum Gasteiger partial charge on any atom is -0.480 e. The van der Waals surface area contributed by atoms with Crippen LogP contribution < -0.4 is 5.73 Å². The van der Waals surface area contributed by atoms with E-state index in [0.29, 0.717) is 17.7 Å². The summed E-state index contributed by atoms with van der Waals surface area (Å²) in [5.74, 6) is -0.420. The van der Waals surface area contributed by atoms with Crippen LogP contribution in [0.5, 0.6) is 0 Å². The van der Waals surface area contributed by atoms with Gasteiger partial charge in [-0.15, -0.1) is 0 Å². The summed E-state index contributed by atoms with van der Waals surface area (Å²) in [7, 11) is 0. The third-order valence-corrected chi connectivity index (χ3v) is 2.07. The standard InChI is InChI=1S/C9H13NO3/c1-3-7-6(4-5-13-7)9(2,10)8(11)12/h4-5H,3,10H2,1-2H3,(H,11,12). The van der Waals surface area contributed by atoms with Crippen LogP contribution in [-0.4, -0.2) is 11.1 Å². The molecular formula is C9H13NO3. The molecule has 4 heteroatoms. The summed E-state index contributed by atoms with van der Waals surface area (Å²) in [6, 6.07) is 1.60. The fraction of sp³-hybridized carbons (Fsp3) is 0.444. The first-order valence-electron chi connectivity index (χ1n) is 4.09. The molecule has 72 valence electrons. The summed E-state index contributed by atoms with van der Waals surface area (Å²) in [5.41, 5.74) is 4.82. The third kappa shape index (κ3) is 1.58. The number of nitrogens with two attached hydrogens (primary N) is 1. The van der Waals surface area contributed by atoms with Crippen molar-refractivity contribution in [1.82, 2.24) is 0 Å². The number of aryl methyl sites for hydroxylation is 1. The molecule has 0 saturated carbocycles. The molecule has 0 aliphatic rings. The van der Waals surface area contributed by atoms with Crippen molar-refractivity contribution in [2.45, 2.75) is 25.8 Å². The maximum atomic E-state index is 10.8. The van der Waals surface area contributed by atoms with Gasteiger partial charge >= 0.3 is 5.97 Å². The molecule has 1 aromatic heterocycles. The van der Waals surface area contributed by atoms with Gasteiger partial charge in [-0.3, -0.25) is 0 Å². The van der Waals surface area contributed by atoms with Gasteiger partial charge in [0.15, 0.2) is 0 Å². The second-order valence-electron chi connectivity index (χ2n) is 3.12. The number of rotatable bonds is 3. The minimum atomic E-state index is -1.36. The smallest absolute Gasteiger partial charge is 0.328 e. The summed E-state index contributed by atoms with van der Waals surface area (Å²) in [6.45, 7) is 3.35. The lowest BCUT2D eigenvalue weighted by Gasteiger charge is -2.18. The first-order valence-corrected chi connectivity index (χ1v) is 4.09. The van der Waals surface area contributed by atoms with Gasteiger partial charge in [-0.05, 0) is 13.0 Å². The average molecular weight is 183 g/mol. The highest BCUT2D eigenvalue weighted by Crippen LogP contribution is 2.23. The molecule has 0 radical (unpaired) electrons. The molecule has 0 amide bonds. The van der Waals surface area contributed by atoms with Crippen molar-refractivity contribution in [1.29, 1.82) is 0 Å². The molecule has 0 saturated heterocycles. The van der Waals surface area contributed by atoms with Gasteiger partial charge in [-0.25, -0.2) is 4.79 Å². The van der Waals surface area contributed by atoms with Crippen LogP contribution in [0.25, 0.3) is 0 Å². The molecule has 13 heavy (non-hydrogen) atoms. The van der Waals surface area contributed by atoms with Gasteiger partial charge in [0.2, 0.25) is 0 Å². The summed E-state index contributed by atoms with van der Waals surface area (Å²) >= 11 is 0. The van der Waals surface area contributed by atoms with E-state index in [0.717, 1.165) is 0 Å². The van der Waals surface area contributed by atoms with Crippen LogP contribution >= 0.6 is 0 Å². The van der Waals surface area contributed by atoms with Crippen LogP contribution in [0.15, 0.2) is 16.7 Å². The van der Waals surface area contributed by atoms with Gasteiger partial charge in [0.1, 0.15) is 11.3 Å². The largest absolute Gasteiger partial charge is 0.480 e. The Morgan fingerprint density at radius 2 is 2.38 bits per heavy atom. The molecule has 4 nitrogen and oxygen atoms in total. The monoisotopic (exact) mass is 183 g/mol. The van der Waals surface area contributed by atoms with Crippen LogP contribution in [0.1, 0.15) is 25.2 Å². The second kappa shape index (κ2) is 3.22. The number of aliphatic carboxylic acids is 1. The van der Waals surface area contributed by atoms with E-state index in [2.05, 4.69) is 0 Å².